The zero-order valence-corrected chi connectivity index (χ0v) is 12.1. The predicted molar refractivity (Wildman–Crippen MR) is 77.4 cm³/mol. The van der Waals surface area contributed by atoms with Gasteiger partial charge in [0.1, 0.15) is 5.82 Å². The minimum absolute atomic E-state index is 0.270. The second kappa shape index (κ2) is 6.73. The van der Waals surface area contributed by atoms with Gasteiger partial charge in [0, 0.05) is 11.7 Å². The lowest BCUT2D eigenvalue weighted by molar-refractivity contribution is 0.0601. The molecule has 4 heteroatoms. The first-order valence-corrected chi connectivity index (χ1v) is 7.28. The molecule has 0 radical (unpaired) electrons. The van der Waals surface area contributed by atoms with Gasteiger partial charge in [-0.15, -0.1) is 0 Å². The van der Waals surface area contributed by atoms with Crippen LogP contribution in [0.2, 0.25) is 0 Å². The fourth-order valence-corrected chi connectivity index (χ4v) is 2.93. The number of hydrogen-bond acceptors (Lipinski definition) is 3. The van der Waals surface area contributed by atoms with Crippen molar-refractivity contribution in [3.05, 3.63) is 29.6 Å². The van der Waals surface area contributed by atoms with Gasteiger partial charge in [-0.05, 0) is 37.0 Å². The van der Waals surface area contributed by atoms with Crippen LogP contribution in [0.1, 0.15) is 49.4 Å². The van der Waals surface area contributed by atoms with Crippen LogP contribution in [0.3, 0.4) is 0 Å². The zero-order chi connectivity index (χ0) is 14.5. The third-order valence-electron chi connectivity index (χ3n) is 4.11. The number of nitrogens with one attached hydrogen (secondary N) is 1. The van der Waals surface area contributed by atoms with E-state index < -0.39 is 11.8 Å². The van der Waals surface area contributed by atoms with E-state index in [0.29, 0.717) is 11.7 Å². The number of carbonyl (C=O) groups is 1. The molecule has 0 saturated heterocycles. The van der Waals surface area contributed by atoms with Crippen LogP contribution >= 0.6 is 0 Å². The Morgan fingerprint density at radius 2 is 2.25 bits per heavy atom. The molecule has 1 aromatic carbocycles. The van der Waals surface area contributed by atoms with E-state index in [0.717, 1.165) is 18.8 Å². The molecule has 0 heterocycles. The molecule has 1 N–H and O–H groups in total. The molecule has 0 spiro atoms. The van der Waals surface area contributed by atoms with Crippen molar-refractivity contribution in [2.75, 3.05) is 12.4 Å². The first-order valence-electron chi connectivity index (χ1n) is 7.28. The van der Waals surface area contributed by atoms with Gasteiger partial charge in [-0.1, -0.05) is 26.2 Å². The average Bonchev–Trinajstić information content (AvgIpc) is 2.48. The molecular weight excluding hydrogens is 257 g/mol. The van der Waals surface area contributed by atoms with E-state index in [-0.39, 0.29) is 5.56 Å². The van der Waals surface area contributed by atoms with Crippen LogP contribution in [0.25, 0.3) is 0 Å². The van der Waals surface area contributed by atoms with Crippen molar-refractivity contribution in [3.8, 4) is 0 Å². The lowest BCUT2D eigenvalue weighted by Crippen LogP contribution is -2.28. The Balaban J connectivity index is 2.14. The highest BCUT2D eigenvalue weighted by molar-refractivity contribution is 5.95. The lowest BCUT2D eigenvalue weighted by atomic mass is 9.84. The smallest absolute Gasteiger partial charge is 0.340 e. The topological polar surface area (TPSA) is 38.3 Å². The van der Waals surface area contributed by atoms with Gasteiger partial charge in [-0.25, -0.2) is 9.18 Å². The van der Waals surface area contributed by atoms with E-state index in [1.165, 1.54) is 38.5 Å². The van der Waals surface area contributed by atoms with E-state index >= 15 is 0 Å². The van der Waals surface area contributed by atoms with Crippen molar-refractivity contribution in [1.29, 1.82) is 0 Å². The van der Waals surface area contributed by atoms with E-state index in [1.807, 2.05) is 0 Å². The largest absolute Gasteiger partial charge is 0.465 e. The third-order valence-corrected chi connectivity index (χ3v) is 4.11. The number of anilines is 1. The molecule has 1 aliphatic carbocycles. The number of benzene rings is 1. The van der Waals surface area contributed by atoms with Crippen LogP contribution < -0.4 is 5.32 Å². The van der Waals surface area contributed by atoms with Crippen molar-refractivity contribution >= 4 is 11.7 Å². The maximum absolute atomic E-state index is 13.3. The summed E-state index contributed by atoms with van der Waals surface area (Å²) < 4.78 is 18.0. The molecule has 0 aromatic heterocycles. The van der Waals surface area contributed by atoms with Gasteiger partial charge in [-0.2, -0.15) is 0 Å². The summed E-state index contributed by atoms with van der Waals surface area (Å²) >= 11 is 0. The summed E-state index contributed by atoms with van der Waals surface area (Å²) in [5.74, 6) is -0.191. The third kappa shape index (κ3) is 3.50. The number of halogens is 1. The van der Waals surface area contributed by atoms with Crippen LogP contribution in [0.5, 0.6) is 0 Å². The standard InChI is InChI=1S/C16H22FNO2/c1-3-11-5-4-6-13(9-11)18-15-8-7-12(17)10-14(15)16(19)20-2/h7-8,10-11,13,18H,3-6,9H2,1-2H3. The van der Waals surface area contributed by atoms with Crippen molar-refractivity contribution in [1.82, 2.24) is 0 Å². The van der Waals surface area contributed by atoms with Gasteiger partial charge >= 0.3 is 5.97 Å². The molecule has 1 saturated carbocycles. The maximum atomic E-state index is 13.3. The van der Waals surface area contributed by atoms with Crippen LogP contribution in [-0.2, 0) is 4.74 Å². The van der Waals surface area contributed by atoms with Gasteiger partial charge < -0.3 is 10.1 Å². The average molecular weight is 279 g/mol. The van der Waals surface area contributed by atoms with Crippen molar-refractivity contribution < 1.29 is 13.9 Å². The summed E-state index contributed by atoms with van der Waals surface area (Å²) in [6.45, 7) is 2.21. The zero-order valence-electron chi connectivity index (χ0n) is 12.1. The van der Waals surface area contributed by atoms with E-state index in [9.17, 15) is 9.18 Å². The minimum Gasteiger partial charge on any atom is -0.465 e. The quantitative estimate of drug-likeness (QED) is 0.847. The number of methoxy groups -OCH3 is 1. The molecule has 1 aromatic rings. The molecule has 2 rings (SSSR count). The van der Waals surface area contributed by atoms with E-state index in [4.69, 9.17) is 4.74 Å². The lowest BCUT2D eigenvalue weighted by Gasteiger charge is -2.30. The fourth-order valence-electron chi connectivity index (χ4n) is 2.93. The Labute approximate surface area is 119 Å². The summed E-state index contributed by atoms with van der Waals surface area (Å²) in [7, 11) is 1.31. The van der Waals surface area contributed by atoms with Gasteiger partial charge in [0.15, 0.2) is 0 Å². The second-order valence-corrected chi connectivity index (χ2v) is 5.46. The minimum atomic E-state index is -0.505. The van der Waals surface area contributed by atoms with Crippen LogP contribution in [-0.4, -0.2) is 19.1 Å². The van der Waals surface area contributed by atoms with Crippen LogP contribution in [0.15, 0.2) is 18.2 Å². The SMILES string of the molecule is CCC1CCCC(Nc2ccc(F)cc2C(=O)OC)C1. The highest BCUT2D eigenvalue weighted by Gasteiger charge is 2.22. The van der Waals surface area contributed by atoms with Crippen molar-refractivity contribution in [3.63, 3.8) is 0 Å². The molecule has 1 aliphatic rings. The predicted octanol–water partition coefficient (Wildman–Crippen LogP) is 3.99. The van der Waals surface area contributed by atoms with Gasteiger partial charge in [0.05, 0.1) is 12.7 Å². The fraction of sp³-hybridized carbons (Fsp3) is 0.562. The maximum Gasteiger partial charge on any atom is 0.340 e. The molecule has 0 aliphatic heterocycles. The highest BCUT2D eigenvalue weighted by atomic mass is 19.1. The Hall–Kier alpha value is -1.58. The Kier molecular flexibility index (Phi) is 4.99. The van der Waals surface area contributed by atoms with Crippen LogP contribution in [0, 0.1) is 11.7 Å². The summed E-state index contributed by atoms with van der Waals surface area (Å²) in [5, 5.41) is 3.39. The molecule has 20 heavy (non-hydrogen) atoms. The molecule has 0 amide bonds. The first kappa shape index (κ1) is 14.8. The summed E-state index contributed by atoms with van der Waals surface area (Å²) in [4.78, 5) is 11.7. The van der Waals surface area contributed by atoms with Crippen molar-refractivity contribution in [2.45, 2.75) is 45.1 Å². The molecule has 2 atom stereocenters. The Bertz CT molecular complexity index is 476. The number of esters is 1. The number of ether oxygens (including phenoxy) is 1. The van der Waals surface area contributed by atoms with Crippen LogP contribution in [0.4, 0.5) is 10.1 Å². The van der Waals surface area contributed by atoms with Gasteiger partial charge in [0.2, 0.25) is 0 Å². The van der Waals surface area contributed by atoms with E-state index in [1.54, 1.807) is 6.07 Å². The summed E-state index contributed by atoms with van der Waals surface area (Å²) in [5.41, 5.74) is 0.936. The van der Waals surface area contributed by atoms with E-state index in [2.05, 4.69) is 12.2 Å². The molecule has 3 nitrogen and oxygen atoms in total. The summed E-state index contributed by atoms with van der Waals surface area (Å²) in [6, 6.07) is 4.57. The monoisotopic (exact) mass is 279 g/mol. The number of hydrogen-bond donors (Lipinski definition) is 1. The molecule has 0 bridgehead atoms. The number of rotatable bonds is 4. The highest BCUT2D eigenvalue weighted by Crippen LogP contribution is 2.29. The Morgan fingerprint density at radius 3 is 2.95 bits per heavy atom. The first-order chi connectivity index (χ1) is 9.63. The summed E-state index contributed by atoms with van der Waals surface area (Å²) in [6.07, 6.45) is 5.86. The molecular formula is C16H22FNO2. The normalized spacial score (nSPS) is 22.4. The molecule has 1 fully saturated rings. The van der Waals surface area contributed by atoms with Crippen molar-refractivity contribution in [2.24, 2.45) is 5.92 Å². The Morgan fingerprint density at radius 1 is 1.45 bits per heavy atom. The molecule has 2 unspecified atom stereocenters. The second-order valence-electron chi connectivity index (χ2n) is 5.46. The molecule has 110 valence electrons. The van der Waals surface area contributed by atoms with Gasteiger partial charge in [0.25, 0.3) is 0 Å². The number of carbonyl (C=O) groups excluding carboxylic acids is 1. The van der Waals surface area contributed by atoms with Gasteiger partial charge in [-0.3, -0.25) is 0 Å².